The first-order valence-electron chi connectivity index (χ1n) is 3.36. The molecule has 4 N–H and O–H groups in total. The molecule has 0 aliphatic heterocycles. The van der Waals surface area contributed by atoms with Gasteiger partial charge in [0.2, 0.25) is 0 Å². The van der Waals surface area contributed by atoms with Crippen molar-refractivity contribution in [3.05, 3.63) is 0 Å². The lowest BCUT2D eigenvalue weighted by atomic mass is 10.3. The Labute approximate surface area is 64.8 Å². The third kappa shape index (κ3) is 7.24. The molecule has 0 rings (SSSR count). The summed E-state index contributed by atoms with van der Waals surface area (Å²) in [6.07, 6.45) is -0.204. The number of nitrogens with two attached hydrogens (primary N) is 1. The minimum atomic E-state index is -0.855. The molecule has 5 nitrogen and oxygen atoms in total. The van der Waals surface area contributed by atoms with Gasteiger partial charge in [0, 0.05) is 13.0 Å². The maximum atomic E-state index is 9.98. The Bertz CT molecular complexity index is 117. The van der Waals surface area contributed by atoms with Gasteiger partial charge in [-0.3, -0.25) is 4.79 Å². The number of hydrogen-bond donors (Lipinski definition) is 3. The molecule has 0 amide bonds. The summed E-state index contributed by atoms with van der Waals surface area (Å²) in [6.45, 7) is 0.0289. The van der Waals surface area contributed by atoms with Gasteiger partial charge >= 0.3 is 5.97 Å². The van der Waals surface area contributed by atoms with Crippen molar-refractivity contribution in [1.82, 2.24) is 0 Å². The zero-order valence-corrected chi connectivity index (χ0v) is 6.19. The molecule has 0 heterocycles. The van der Waals surface area contributed by atoms with E-state index in [-0.39, 0.29) is 19.6 Å². The van der Waals surface area contributed by atoms with Crippen LogP contribution in [-0.2, 0) is 9.53 Å². The Morgan fingerprint density at radius 3 is 2.73 bits per heavy atom. The van der Waals surface area contributed by atoms with Gasteiger partial charge in [0.25, 0.3) is 0 Å². The summed E-state index contributed by atoms with van der Waals surface area (Å²) in [5.41, 5.74) is 5.17. The van der Waals surface area contributed by atoms with Gasteiger partial charge in [-0.25, -0.2) is 0 Å². The lowest BCUT2D eigenvalue weighted by Gasteiger charge is -2.08. The van der Waals surface area contributed by atoms with E-state index in [1.807, 2.05) is 0 Å². The van der Waals surface area contributed by atoms with Crippen LogP contribution in [0.4, 0.5) is 0 Å². The Morgan fingerprint density at radius 2 is 2.27 bits per heavy atom. The molecule has 5 heteroatoms. The number of ether oxygens (including phenoxy) is 1. The van der Waals surface area contributed by atoms with Crippen LogP contribution in [0.2, 0.25) is 0 Å². The Kier molecular flexibility index (Phi) is 5.73. The molecular weight excluding hydrogens is 150 g/mol. The van der Waals surface area contributed by atoms with Gasteiger partial charge in [-0.15, -0.1) is 0 Å². The molecule has 0 bridgehead atoms. The number of aliphatic hydroxyl groups is 1. The topological polar surface area (TPSA) is 92.8 Å². The van der Waals surface area contributed by atoms with Crippen molar-refractivity contribution >= 4 is 5.97 Å². The summed E-state index contributed by atoms with van der Waals surface area (Å²) in [5.74, 6) is -0.855. The van der Waals surface area contributed by atoms with Crippen LogP contribution in [0.25, 0.3) is 0 Å². The van der Waals surface area contributed by atoms with E-state index in [9.17, 15) is 4.79 Å². The number of carboxylic acid groups (broad SMARTS) is 1. The van der Waals surface area contributed by atoms with Crippen LogP contribution in [0.15, 0.2) is 0 Å². The molecule has 0 spiro atoms. The van der Waals surface area contributed by atoms with E-state index in [1.54, 1.807) is 0 Å². The largest absolute Gasteiger partial charge is 0.481 e. The van der Waals surface area contributed by atoms with E-state index in [2.05, 4.69) is 0 Å². The van der Waals surface area contributed by atoms with Gasteiger partial charge < -0.3 is 20.7 Å². The van der Waals surface area contributed by atoms with Gasteiger partial charge in [0.1, 0.15) is 6.23 Å². The van der Waals surface area contributed by atoms with E-state index < -0.39 is 12.2 Å². The van der Waals surface area contributed by atoms with Crippen molar-refractivity contribution in [2.45, 2.75) is 19.1 Å². The first-order valence-corrected chi connectivity index (χ1v) is 3.36. The van der Waals surface area contributed by atoms with Crippen molar-refractivity contribution in [2.75, 3.05) is 13.2 Å². The van der Waals surface area contributed by atoms with Crippen LogP contribution in [0, 0.1) is 0 Å². The van der Waals surface area contributed by atoms with Crippen molar-refractivity contribution in [3.8, 4) is 0 Å². The average molecular weight is 163 g/mol. The van der Waals surface area contributed by atoms with E-state index >= 15 is 0 Å². The molecule has 1 atom stereocenters. The Balaban J connectivity index is 3.08. The normalized spacial score (nSPS) is 12.9. The fourth-order valence-electron chi connectivity index (χ4n) is 0.511. The Morgan fingerprint density at radius 1 is 1.64 bits per heavy atom. The van der Waals surface area contributed by atoms with Crippen LogP contribution < -0.4 is 5.73 Å². The molecule has 66 valence electrons. The van der Waals surface area contributed by atoms with E-state index in [1.165, 1.54) is 0 Å². The SMILES string of the molecule is NC(CO)OCCCC(=O)O. The first kappa shape index (κ1) is 10.3. The fraction of sp³-hybridized carbons (Fsp3) is 0.833. The molecule has 0 aromatic rings. The van der Waals surface area contributed by atoms with Crippen LogP contribution >= 0.6 is 0 Å². The second kappa shape index (κ2) is 6.09. The zero-order valence-electron chi connectivity index (χ0n) is 6.19. The van der Waals surface area contributed by atoms with Gasteiger partial charge in [-0.1, -0.05) is 0 Å². The number of hydrogen-bond acceptors (Lipinski definition) is 4. The van der Waals surface area contributed by atoms with Crippen molar-refractivity contribution in [2.24, 2.45) is 5.73 Å². The highest BCUT2D eigenvalue weighted by molar-refractivity contribution is 5.66. The highest BCUT2D eigenvalue weighted by atomic mass is 16.5. The predicted octanol–water partition coefficient (Wildman–Crippen LogP) is -0.855. The van der Waals surface area contributed by atoms with Crippen molar-refractivity contribution in [1.29, 1.82) is 0 Å². The van der Waals surface area contributed by atoms with Gasteiger partial charge in [0.15, 0.2) is 0 Å². The van der Waals surface area contributed by atoms with Crippen molar-refractivity contribution in [3.63, 3.8) is 0 Å². The molecule has 1 unspecified atom stereocenters. The van der Waals surface area contributed by atoms with E-state index in [0.29, 0.717) is 6.42 Å². The minimum Gasteiger partial charge on any atom is -0.481 e. The number of carbonyl (C=O) groups is 1. The molecule has 11 heavy (non-hydrogen) atoms. The lowest BCUT2D eigenvalue weighted by Crippen LogP contribution is -2.28. The van der Waals surface area contributed by atoms with Crippen LogP contribution in [0.5, 0.6) is 0 Å². The maximum absolute atomic E-state index is 9.98. The molecule has 0 aromatic carbocycles. The van der Waals surface area contributed by atoms with Crippen molar-refractivity contribution < 1.29 is 19.7 Å². The van der Waals surface area contributed by atoms with Gasteiger partial charge in [-0.2, -0.15) is 0 Å². The molecule has 0 aromatic heterocycles. The maximum Gasteiger partial charge on any atom is 0.303 e. The molecule has 0 fully saturated rings. The third-order valence-corrected chi connectivity index (χ3v) is 1.05. The third-order valence-electron chi connectivity index (χ3n) is 1.05. The predicted molar refractivity (Wildman–Crippen MR) is 37.9 cm³/mol. The highest BCUT2D eigenvalue weighted by Crippen LogP contribution is 1.91. The smallest absolute Gasteiger partial charge is 0.303 e. The molecule has 0 aliphatic rings. The quantitative estimate of drug-likeness (QED) is 0.350. The molecule has 0 saturated heterocycles. The number of carboxylic acids is 1. The van der Waals surface area contributed by atoms with Gasteiger partial charge in [-0.05, 0) is 6.42 Å². The second-order valence-electron chi connectivity index (χ2n) is 2.09. The number of aliphatic hydroxyl groups excluding tert-OH is 1. The van der Waals surface area contributed by atoms with E-state index in [0.717, 1.165) is 0 Å². The van der Waals surface area contributed by atoms with Crippen LogP contribution in [-0.4, -0.2) is 35.6 Å². The van der Waals surface area contributed by atoms with Crippen LogP contribution in [0.3, 0.4) is 0 Å². The average Bonchev–Trinajstić information content (AvgIpc) is 1.97. The molecular formula is C6H13NO4. The molecule has 0 saturated carbocycles. The zero-order chi connectivity index (χ0) is 8.69. The summed E-state index contributed by atoms with van der Waals surface area (Å²) in [4.78, 5) is 9.98. The molecule has 0 radical (unpaired) electrons. The Hall–Kier alpha value is -0.650. The standard InChI is InChI=1S/C6H13NO4/c7-5(4-8)11-3-1-2-6(9)10/h5,8H,1-4,7H2,(H,9,10). The number of rotatable bonds is 6. The summed E-state index contributed by atoms with van der Waals surface area (Å²) in [5, 5.41) is 16.6. The number of aliphatic carboxylic acids is 1. The second-order valence-corrected chi connectivity index (χ2v) is 2.09. The van der Waals surface area contributed by atoms with E-state index in [4.69, 9.17) is 20.7 Å². The molecule has 0 aliphatic carbocycles. The lowest BCUT2D eigenvalue weighted by molar-refractivity contribution is -0.137. The van der Waals surface area contributed by atoms with Gasteiger partial charge in [0.05, 0.1) is 6.61 Å². The highest BCUT2D eigenvalue weighted by Gasteiger charge is 2.00. The monoisotopic (exact) mass is 163 g/mol. The fourth-order valence-corrected chi connectivity index (χ4v) is 0.511. The summed E-state index contributed by atoms with van der Waals surface area (Å²) < 4.78 is 4.81. The van der Waals surface area contributed by atoms with Crippen LogP contribution in [0.1, 0.15) is 12.8 Å². The summed E-state index contributed by atoms with van der Waals surface area (Å²) in [6, 6.07) is 0. The summed E-state index contributed by atoms with van der Waals surface area (Å²) >= 11 is 0. The first-order chi connectivity index (χ1) is 5.16. The minimum absolute atomic E-state index is 0.0676. The summed E-state index contributed by atoms with van der Waals surface area (Å²) in [7, 11) is 0.